The molecule has 60 heavy (non-hydrogen) atoms. The molecule has 0 N–H and O–H groups in total. The van der Waals surface area contributed by atoms with Gasteiger partial charge in [0.2, 0.25) is 0 Å². The zero-order chi connectivity index (χ0) is 45.7. The normalized spacial score (nSPS) is 13.3. The summed E-state index contributed by atoms with van der Waals surface area (Å²) in [5.74, 6) is 0. The molecule has 12 rings (SSSR count). The van der Waals surface area contributed by atoms with Crippen molar-refractivity contribution in [3.8, 4) is 55.9 Å². The van der Waals surface area contributed by atoms with Gasteiger partial charge in [-0.25, -0.2) is 0 Å². The van der Waals surface area contributed by atoms with Crippen molar-refractivity contribution in [1.29, 1.82) is 0 Å². The highest BCUT2D eigenvalue weighted by molar-refractivity contribution is 6.13. The number of rotatable bonds is 6. The lowest BCUT2D eigenvalue weighted by atomic mass is 9.98. The third kappa shape index (κ3) is 5.65. The molecule has 0 bridgehead atoms. The van der Waals surface area contributed by atoms with Crippen LogP contribution < -0.4 is 0 Å². The van der Waals surface area contributed by atoms with Crippen molar-refractivity contribution >= 4 is 54.4 Å². The van der Waals surface area contributed by atoms with Crippen LogP contribution in [0.15, 0.2) is 230 Å². The Morgan fingerprint density at radius 1 is 0.283 bits per heavy atom. The Kier molecular flexibility index (Phi) is 6.39. The van der Waals surface area contributed by atoms with Crippen LogP contribution in [0.1, 0.15) is 9.60 Å². The standard InChI is InChI=1S/C58H38N2/c1-3-12-39(13-4-1)42-24-29-49(30-25-42)59-57-32-26-46(45-23-22-41-16-7-8-17-43(41)34-45)37-53(57)54-38-48(28-33-58(54)59)47-27-31-56-52(36-47)51-20-9-10-21-55(51)60(56)50-19-11-18-44(35-50)40-14-5-2-6-15-40/h1-38H/i9D,10D,20D,21D,27D,31D,36D. The molecule has 0 aliphatic heterocycles. The summed E-state index contributed by atoms with van der Waals surface area (Å²) in [4.78, 5) is 0. The predicted molar refractivity (Wildman–Crippen MR) is 254 cm³/mol. The number of hydrogen-bond donors (Lipinski definition) is 0. The van der Waals surface area contributed by atoms with Gasteiger partial charge in [-0.2, -0.15) is 0 Å². The van der Waals surface area contributed by atoms with E-state index in [2.05, 4.69) is 89.5 Å². The van der Waals surface area contributed by atoms with Crippen LogP contribution in [0, 0.1) is 0 Å². The molecule has 2 heteroatoms. The average Bonchev–Trinajstić information content (AvgIpc) is 3.91. The quantitative estimate of drug-likeness (QED) is 0.159. The zero-order valence-corrected chi connectivity index (χ0v) is 32.3. The average molecular weight is 770 g/mol. The van der Waals surface area contributed by atoms with Gasteiger partial charge in [0.05, 0.1) is 31.7 Å². The van der Waals surface area contributed by atoms with Gasteiger partial charge >= 0.3 is 0 Å². The van der Waals surface area contributed by atoms with Gasteiger partial charge < -0.3 is 9.13 Å². The molecule has 2 nitrogen and oxygen atoms in total. The van der Waals surface area contributed by atoms with E-state index in [0.717, 1.165) is 71.6 Å². The number of aromatic nitrogens is 2. The molecular formula is C58H38N2. The fourth-order valence-electron chi connectivity index (χ4n) is 8.81. The highest BCUT2D eigenvalue weighted by Crippen LogP contribution is 2.40. The molecule has 0 atom stereocenters. The smallest absolute Gasteiger partial charge is 0.0645 e. The molecule has 0 fully saturated rings. The maximum absolute atomic E-state index is 9.98. The van der Waals surface area contributed by atoms with Crippen molar-refractivity contribution in [2.75, 3.05) is 0 Å². The molecule has 0 aliphatic carbocycles. The van der Waals surface area contributed by atoms with E-state index in [1.165, 1.54) is 0 Å². The molecule has 0 spiro atoms. The Labute approximate surface area is 358 Å². The fraction of sp³-hybridized carbons (Fsp3) is 0. The first-order valence-corrected chi connectivity index (χ1v) is 20.1. The van der Waals surface area contributed by atoms with Crippen molar-refractivity contribution in [3.63, 3.8) is 0 Å². The molecule has 12 aromatic rings. The maximum atomic E-state index is 9.98. The van der Waals surface area contributed by atoms with Gasteiger partial charge in [-0.3, -0.25) is 0 Å². The van der Waals surface area contributed by atoms with Crippen LogP contribution in [0.3, 0.4) is 0 Å². The lowest BCUT2D eigenvalue weighted by Crippen LogP contribution is -1.94. The molecule has 0 radical (unpaired) electrons. The predicted octanol–water partition coefficient (Wildman–Crippen LogP) is 15.7. The van der Waals surface area contributed by atoms with Crippen LogP contribution in [-0.4, -0.2) is 9.13 Å². The van der Waals surface area contributed by atoms with Crippen molar-refractivity contribution in [3.05, 3.63) is 230 Å². The van der Waals surface area contributed by atoms with E-state index < -0.39 is 12.1 Å². The second-order valence-electron chi connectivity index (χ2n) is 15.2. The van der Waals surface area contributed by atoms with E-state index in [1.807, 2.05) is 103 Å². The summed E-state index contributed by atoms with van der Waals surface area (Å²) < 4.78 is 69.2. The molecule has 2 heterocycles. The topological polar surface area (TPSA) is 9.86 Å². The number of nitrogens with zero attached hydrogens (tertiary/aromatic N) is 2. The first kappa shape index (κ1) is 27.7. The second-order valence-corrected chi connectivity index (χ2v) is 15.2. The SMILES string of the molecule is [2H]c1c([2H])c([2H])c2c(c1[2H])c1c([2H])c(-c3ccc4c(c3)c3cc(-c5ccc6ccccc6c5)ccc3n4-c3ccc(-c4ccccc4)cc3)c([2H])c([2H])c1n2-c1cccc(-c2ccccc2)c1. The molecule has 10 aromatic carbocycles. The lowest BCUT2D eigenvalue weighted by Gasteiger charge is -2.11. The van der Waals surface area contributed by atoms with Crippen LogP contribution in [0.25, 0.3) is 110 Å². The second kappa shape index (κ2) is 13.9. The van der Waals surface area contributed by atoms with Crippen molar-refractivity contribution in [2.24, 2.45) is 0 Å². The van der Waals surface area contributed by atoms with Crippen LogP contribution in [-0.2, 0) is 0 Å². The minimum absolute atomic E-state index is 0.0829. The van der Waals surface area contributed by atoms with Gasteiger partial charge in [0.25, 0.3) is 0 Å². The molecule has 0 saturated carbocycles. The summed E-state index contributed by atoms with van der Waals surface area (Å²) in [6.07, 6.45) is 0. The molecule has 0 amide bonds. The highest BCUT2D eigenvalue weighted by atomic mass is 15.0. The monoisotopic (exact) mass is 769 g/mol. The van der Waals surface area contributed by atoms with Crippen LogP contribution in [0.2, 0.25) is 0 Å². The van der Waals surface area contributed by atoms with E-state index in [9.17, 15) is 6.85 Å². The van der Waals surface area contributed by atoms with E-state index in [1.54, 1.807) is 4.57 Å². The summed E-state index contributed by atoms with van der Waals surface area (Å²) in [5.41, 5.74) is 10.7. The van der Waals surface area contributed by atoms with Crippen LogP contribution in [0.5, 0.6) is 0 Å². The van der Waals surface area contributed by atoms with Crippen molar-refractivity contribution in [2.45, 2.75) is 0 Å². The van der Waals surface area contributed by atoms with Gasteiger partial charge in [-0.1, -0.05) is 158 Å². The zero-order valence-electron chi connectivity index (χ0n) is 39.3. The third-order valence-corrected chi connectivity index (χ3v) is 11.7. The van der Waals surface area contributed by atoms with Crippen molar-refractivity contribution < 1.29 is 9.60 Å². The van der Waals surface area contributed by atoms with Gasteiger partial charge in [-0.15, -0.1) is 0 Å². The molecule has 280 valence electrons. The molecular weight excluding hydrogens is 725 g/mol. The van der Waals surface area contributed by atoms with Crippen molar-refractivity contribution in [1.82, 2.24) is 9.13 Å². The maximum Gasteiger partial charge on any atom is 0.0645 e. The Balaban J connectivity index is 1.11. The highest BCUT2D eigenvalue weighted by Gasteiger charge is 2.17. The Morgan fingerprint density at radius 2 is 0.817 bits per heavy atom. The molecule has 2 aromatic heterocycles. The number of hydrogen-bond acceptors (Lipinski definition) is 0. The largest absolute Gasteiger partial charge is 0.309 e. The van der Waals surface area contributed by atoms with E-state index >= 15 is 0 Å². The van der Waals surface area contributed by atoms with Crippen LogP contribution >= 0.6 is 0 Å². The fourth-order valence-corrected chi connectivity index (χ4v) is 8.81. The number of fused-ring (bicyclic) bond motifs is 7. The van der Waals surface area contributed by atoms with E-state index in [4.69, 9.17) is 2.74 Å². The summed E-state index contributed by atoms with van der Waals surface area (Å²) in [6, 6.07) is 61.6. The Hall–Kier alpha value is -7.94. The summed E-state index contributed by atoms with van der Waals surface area (Å²) in [6.45, 7) is 0. The number of para-hydroxylation sites is 1. The van der Waals surface area contributed by atoms with Crippen LogP contribution in [0.4, 0.5) is 0 Å². The van der Waals surface area contributed by atoms with E-state index in [0.29, 0.717) is 11.3 Å². The van der Waals surface area contributed by atoms with E-state index in [-0.39, 0.29) is 57.6 Å². The Bertz CT molecular complexity index is 3990. The summed E-state index contributed by atoms with van der Waals surface area (Å²) in [7, 11) is 0. The first-order chi connectivity index (χ1) is 32.7. The van der Waals surface area contributed by atoms with Gasteiger partial charge in [0.1, 0.15) is 0 Å². The number of benzene rings is 10. The minimum atomic E-state index is -0.426. The molecule has 0 aliphatic rings. The first-order valence-electron chi connectivity index (χ1n) is 23.6. The summed E-state index contributed by atoms with van der Waals surface area (Å²) in [5, 5.41) is 4.52. The Morgan fingerprint density at radius 3 is 1.57 bits per heavy atom. The minimum Gasteiger partial charge on any atom is -0.309 e. The third-order valence-electron chi connectivity index (χ3n) is 11.7. The molecule has 0 saturated heterocycles. The summed E-state index contributed by atoms with van der Waals surface area (Å²) >= 11 is 0. The molecule has 0 unspecified atom stereocenters. The lowest BCUT2D eigenvalue weighted by molar-refractivity contribution is 1.18. The van der Waals surface area contributed by atoms with Gasteiger partial charge in [0.15, 0.2) is 0 Å². The van der Waals surface area contributed by atoms with Gasteiger partial charge in [-0.05, 0) is 128 Å². The van der Waals surface area contributed by atoms with Gasteiger partial charge in [0, 0.05) is 32.9 Å².